The first-order valence-electron chi connectivity index (χ1n) is 6.89. The minimum absolute atomic E-state index is 0.234. The summed E-state index contributed by atoms with van der Waals surface area (Å²) in [7, 11) is -0.266. The van der Waals surface area contributed by atoms with Crippen LogP contribution in [-0.4, -0.2) is 50.8 Å². The van der Waals surface area contributed by atoms with Crippen LogP contribution in [-0.2, 0) is 16.6 Å². The van der Waals surface area contributed by atoms with Crippen molar-refractivity contribution in [2.24, 2.45) is 5.73 Å². The average Bonchev–Trinajstić information content (AvgIpc) is 2.39. The number of nitrogens with zero attached hydrogens (tertiary/aromatic N) is 2. The highest BCUT2D eigenvalue weighted by Crippen LogP contribution is 2.17. The molecule has 0 amide bonds. The molecule has 0 spiro atoms. The molecule has 0 saturated carbocycles. The van der Waals surface area contributed by atoms with Gasteiger partial charge in [-0.2, -0.15) is 0 Å². The zero-order valence-corrected chi connectivity index (χ0v) is 12.9. The van der Waals surface area contributed by atoms with Gasteiger partial charge in [0.2, 0.25) is 10.0 Å². The van der Waals surface area contributed by atoms with Crippen LogP contribution in [0.4, 0.5) is 0 Å². The molecule has 1 atom stereocenters. The molecule has 1 aromatic rings. The number of hydrogen-bond donors (Lipinski definition) is 1. The molecule has 1 unspecified atom stereocenters. The molecule has 0 aliphatic carbocycles. The highest BCUT2D eigenvalue weighted by Gasteiger charge is 2.19. The third-order valence-corrected chi connectivity index (χ3v) is 5.44. The van der Waals surface area contributed by atoms with Gasteiger partial charge < -0.3 is 5.73 Å². The van der Waals surface area contributed by atoms with E-state index in [2.05, 4.69) is 4.90 Å². The molecule has 1 aromatic carbocycles. The Morgan fingerprint density at radius 3 is 2.80 bits per heavy atom. The summed E-state index contributed by atoms with van der Waals surface area (Å²) in [4.78, 5) is 2.64. The second-order valence-corrected chi connectivity index (χ2v) is 7.72. The topological polar surface area (TPSA) is 66.6 Å². The van der Waals surface area contributed by atoms with Crippen molar-refractivity contribution in [1.82, 2.24) is 9.21 Å². The molecule has 2 rings (SSSR count). The van der Waals surface area contributed by atoms with Gasteiger partial charge in [-0.05, 0) is 37.1 Å². The molecule has 1 aliphatic rings. The van der Waals surface area contributed by atoms with E-state index in [9.17, 15) is 8.42 Å². The van der Waals surface area contributed by atoms with Crippen LogP contribution < -0.4 is 5.73 Å². The molecule has 1 saturated heterocycles. The Hall–Kier alpha value is -0.950. The van der Waals surface area contributed by atoms with E-state index in [1.807, 2.05) is 6.07 Å². The largest absolute Gasteiger partial charge is 0.327 e. The van der Waals surface area contributed by atoms with Crippen LogP contribution in [0.2, 0.25) is 0 Å². The first-order valence-corrected chi connectivity index (χ1v) is 8.33. The Morgan fingerprint density at radius 2 is 2.15 bits per heavy atom. The van der Waals surface area contributed by atoms with Crippen molar-refractivity contribution in [2.75, 3.05) is 27.2 Å². The fourth-order valence-corrected chi connectivity index (χ4v) is 3.48. The van der Waals surface area contributed by atoms with Crippen molar-refractivity contribution in [3.63, 3.8) is 0 Å². The van der Waals surface area contributed by atoms with E-state index in [0.29, 0.717) is 4.90 Å². The van der Waals surface area contributed by atoms with Crippen molar-refractivity contribution >= 4 is 10.0 Å². The monoisotopic (exact) mass is 297 g/mol. The summed E-state index contributed by atoms with van der Waals surface area (Å²) in [6.07, 6.45) is 2.18. The highest BCUT2D eigenvalue weighted by molar-refractivity contribution is 7.89. The Bertz CT molecular complexity index is 557. The van der Waals surface area contributed by atoms with Crippen LogP contribution in [0.1, 0.15) is 18.4 Å². The van der Waals surface area contributed by atoms with E-state index in [1.165, 1.54) is 4.31 Å². The maximum Gasteiger partial charge on any atom is 0.242 e. The third-order valence-electron chi connectivity index (χ3n) is 3.63. The molecule has 1 fully saturated rings. The zero-order chi connectivity index (χ0) is 14.8. The van der Waals surface area contributed by atoms with Gasteiger partial charge in [0.25, 0.3) is 0 Å². The van der Waals surface area contributed by atoms with Crippen LogP contribution in [0, 0.1) is 0 Å². The summed E-state index contributed by atoms with van der Waals surface area (Å²) in [6, 6.07) is 7.40. The van der Waals surface area contributed by atoms with Crippen molar-refractivity contribution in [2.45, 2.75) is 30.3 Å². The first kappa shape index (κ1) is 15.4. The molecule has 5 nitrogen and oxygen atoms in total. The number of rotatable bonds is 4. The molecule has 1 heterocycles. The van der Waals surface area contributed by atoms with Gasteiger partial charge in [-0.3, -0.25) is 4.90 Å². The molecule has 0 aromatic heterocycles. The summed E-state index contributed by atoms with van der Waals surface area (Å²) in [5, 5.41) is 0. The molecule has 0 radical (unpaired) electrons. The number of piperidine rings is 1. The van der Waals surface area contributed by atoms with Gasteiger partial charge in [-0.1, -0.05) is 12.1 Å². The summed E-state index contributed by atoms with van der Waals surface area (Å²) in [5.41, 5.74) is 6.99. The summed E-state index contributed by atoms with van der Waals surface area (Å²) in [5.74, 6) is 0. The Balaban J connectivity index is 2.14. The van der Waals surface area contributed by atoms with Gasteiger partial charge in [0.1, 0.15) is 0 Å². The maximum atomic E-state index is 12.1. The third kappa shape index (κ3) is 3.58. The molecule has 0 bridgehead atoms. The van der Waals surface area contributed by atoms with Crippen LogP contribution in [0.3, 0.4) is 0 Å². The summed E-state index contributed by atoms with van der Waals surface area (Å²) in [6.45, 7) is 2.66. The first-order chi connectivity index (χ1) is 9.39. The zero-order valence-electron chi connectivity index (χ0n) is 12.1. The highest BCUT2D eigenvalue weighted by atomic mass is 32.2. The predicted octanol–water partition coefficient (Wildman–Crippen LogP) is 0.860. The lowest BCUT2D eigenvalue weighted by Crippen LogP contribution is -2.42. The fourth-order valence-electron chi connectivity index (χ4n) is 2.51. The van der Waals surface area contributed by atoms with E-state index < -0.39 is 10.0 Å². The van der Waals surface area contributed by atoms with Crippen LogP contribution in [0.25, 0.3) is 0 Å². The van der Waals surface area contributed by atoms with Crippen molar-refractivity contribution in [1.29, 1.82) is 0 Å². The maximum absolute atomic E-state index is 12.1. The van der Waals surface area contributed by atoms with Gasteiger partial charge >= 0.3 is 0 Å². The summed E-state index contributed by atoms with van der Waals surface area (Å²) < 4.78 is 25.5. The van der Waals surface area contributed by atoms with Crippen LogP contribution in [0.5, 0.6) is 0 Å². The van der Waals surface area contributed by atoms with Crippen molar-refractivity contribution in [3.05, 3.63) is 29.8 Å². The van der Waals surface area contributed by atoms with Gasteiger partial charge in [-0.25, -0.2) is 12.7 Å². The lowest BCUT2D eigenvalue weighted by atomic mass is 10.1. The Labute approximate surface area is 121 Å². The van der Waals surface area contributed by atoms with Gasteiger partial charge in [0.15, 0.2) is 0 Å². The van der Waals surface area contributed by atoms with Crippen molar-refractivity contribution in [3.8, 4) is 0 Å². The Morgan fingerprint density at radius 1 is 1.40 bits per heavy atom. The smallest absolute Gasteiger partial charge is 0.242 e. The van der Waals surface area contributed by atoms with Crippen LogP contribution >= 0.6 is 0 Å². The molecule has 20 heavy (non-hydrogen) atoms. The lowest BCUT2D eigenvalue weighted by molar-refractivity contribution is 0.201. The number of sulfonamides is 1. The number of hydrogen-bond acceptors (Lipinski definition) is 4. The van der Waals surface area contributed by atoms with E-state index >= 15 is 0 Å². The van der Waals surface area contributed by atoms with Gasteiger partial charge in [-0.15, -0.1) is 0 Å². The minimum Gasteiger partial charge on any atom is -0.327 e. The molecule has 112 valence electrons. The quantitative estimate of drug-likeness (QED) is 0.895. The fraction of sp³-hybridized carbons (Fsp3) is 0.571. The number of benzene rings is 1. The van der Waals surface area contributed by atoms with Gasteiger partial charge in [0.05, 0.1) is 4.90 Å². The molecule has 1 aliphatic heterocycles. The standard InChI is InChI=1S/C14H23N3O2S/c1-16(2)20(18,19)14-7-3-5-12(9-14)10-17-8-4-6-13(15)11-17/h3,5,7,9,13H,4,6,8,10-11,15H2,1-2H3. The van der Waals surface area contributed by atoms with E-state index in [1.54, 1.807) is 32.3 Å². The summed E-state index contributed by atoms with van der Waals surface area (Å²) >= 11 is 0. The number of nitrogens with two attached hydrogens (primary N) is 1. The minimum atomic E-state index is -3.36. The van der Waals surface area contributed by atoms with E-state index in [4.69, 9.17) is 5.73 Å². The molecular formula is C14H23N3O2S. The Kier molecular flexibility index (Phi) is 4.80. The molecular weight excluding hydrogens is 274 g/mol. The normalized spacial score (nSPS) is 21.3. The lowest BCUT2D eigenvalue weighted by Gasteiger charge is -2.30. The van der Waals surface area contributed by atoms with Crippen molar-refractivity contribution < 1.29 is 8.42 Å². The van der Waals surface area contributed by atoms with Crippen LogP contribution in [0.15, 0.2) is 29.2 Å². The van der Waals surface area contributed by atoms with E-state index in [-0.39, 0.29) is 6.04 Å². The SMILES string of the molecule is CN(C)S(=O)(=O)c1cccc(CN2CCCC(N)C2)c1. The van der Waals surface area contributed by atoms with Gasteiger partial charge in [0, 0.05) is 33.2 Å². The number of likely N-dealkylation sites (tertiary alicyclic amines) is 1. The predicted molar refractivity (Wildman–Crippen MR) is 79.8 cm³/mol. The second-order valence-electron chi connectivity index (χ2n) is 5.57. The molecule has 2 N–H and O–H groups in total. The average molecular weight is 297 g/mol. The van der Waals surface area contributed by atoms with E-state index in [0.717, 1.165) is 38.0 Å². The molecule has 6 heteroatoms. The second kappa shape index (κ2) is 6.22.